The number of anilines is 2. The standard InChI is InChI=1S/C11H18N4/c1-3-11(6-4-7-11)15-9-5-8-13-10(12-2)14-9/h5,8H,3-4,6-7H2,1-2H3,(H2,12,13,14,15). The molecule has 1 aliphatic rings. The van der Waals surface area contributed by atoms with Crippen molar-refractivity contribution in [3.05, 3.63) is 12.3 Å². The van der Waals surface area contributed by atoms with Gasteiger partial charge in [-0.2, -0.15) is 4.98 Å². The molecule has 0 bridgehead atoms. The number of rotatable bonds is 4. The molecular formula is C11H18N4. The van der Waals surface area contributed by atoms with Crippen molar-refractivity contribution in [2.24, 2.45) is 0 Å². The zero-order chi connectivity index (χ0) is 10.7. The summed E-state index contributed by atoms with van der Waals surface area (Å²) in [7, 11) is 1.83. The van der Waals surface area contributed by atoms with E-state index in [-0.39, 0.29) is 0 Å². The van der Waals surface area contributed by atoms with E-state index in [1.807, 2.05) is 13.1 Å². The molecule has 0 saturated heterocycles. The minimum absolute atomic E-state index is 0.291. The summed E-state index contributed by atoms with van der Waals surface area (Å²) in [6.45, 7) is 2.23. The van der Waals surface area contributed by atoms with E-state index in [1.54, 1.807) is 6.20 Å². The van der Waals surface area contributed by atoms with Crippen molar-refractivity contribution in [1.82, 2.24) is 9.97 Å². The molecule has 2 N–H and O–H groups in total. The van der Waals surface area contributed by atoms with Crippen molar-refractivity contribution in [3.63, 3.8) is 0 Å². The molecule has 0 atom stereocenters. The Morgan fingerprint density at radius 3 is 2.80 bits per heavy atom. The van der Waals surface area contributed by atoms with Crippen LogP contribution in [-0.2, 0) is 0 Å². The van der Waals surface area contributed by atoms with E-state index < -0.39 is 0 Å². The normalized spacial score (nSPS) is 18.0. The quantitative estimate of drug-likeness (QED) is 0.793. The fourth-order valence-corrected chi connectivity index (χ4v) is 1.99. The molecule has 82 valence electrons. The fraction of sp³-hybridized carbons (Fsp3) is 0.636. The summed E-state index contributed by atoms with van der Waals surface area (Å²) in [6.07, 6.45) is 6.77. The second-order valence-corrected chi connectivity index (χ2v) is 4.13. The Bertz CT molecular complexity index is 328. The van der Waals surface area contributed by atoms with E-state index in [0.717, 1.165) is 12.2 Å². The van der Waals surface area contributed by atoms with E-state index in [0.29, 0.717) is 11.5 Å². The Morgan fingerprint density at radius 1 is 1.47 bits per heavy atom. The largest absolute Gasteiger partial charge is 0.364 e. The predicted octanol–water partition coefficient (Wildman–Crippen LogP) is 2.26. The van der Waals surface area contributed by atoms with Crippen LogP contribution in [0.15, 0.2) is 12.3 Å². The highest BCUT2D eigenvalue weighted by Gasteiger charge is 2.35. The monoisotopic (exact) mass is 206 g/mol. The second kappa shape index (κ2) is 4.04. The van der Waals surface area contributed by atoms with Crippen LogP contribution >= 0.6 is 0 Å². The van der Waals surface area contributed by atoms with Crippen LogP contribution in [0.5, 0.6) is 0 Å². The van der Waals surface area contributed by atoms with Crippen LogP contribution in [0.1, 0.15) is 32.6 Å². The minimum Gasteiger partial charge on any atom is -0.364 e. The van der Waals surface area contributed by atoms with Crippen LogP contribution in [0, 0.1) is 0 Å². The van der Waals surface area contributed by atoms with Crippen molar-refractivity contribution in [1.29, 1.82) is 0 Å². The van der Waals surface area contributed by atoms with Gasteiger partial charge in [-0.25, -0.2) is 4.98 Å². The number of nitrogens with zero attached hydrogens (tertiary/aromatic N) is 2. The van der Waals surface area contributed by atoms with Gasteiger partial charge in [-0.3, -0.25) is 0 Å². The zero-order valence-corrected chi connectivity index (χ0v) is 9.38. The van der Waals surface area contributed by atoms with Gasteiger partial charge in [0.1, 0.15) is 5.82 Å². The lowest BCUT2D eigenvalue weighted by Gasteiger charge is -2.42. The molecule has 1 saturated carbocycles. The number of hydrogen-bond acceptors (Lipinski definition) is 4. The second-order valence-electron chi connectivity index (χ2n) is 4.13. The van der Waals surface area contributed by atoms with E-state index >= 15 is 0 Å². The van der Waals surface area contributed by atoms with Crippen molar-refractivity contribution >= 4 is 11.8 Å². The third-order valence-electron chi connectivity index (χ3n) is 3.26. The molecule has 15 heavy (non-hydrogen) atoms. The molecular weight excluding hydrogens is 188 g/mol. The molecule has 0 radical (unpaired) electrons. The minimum atomic E-state index is 0.291. The SMILES string of the molecule is CCC1(Nc2ccnc(NC)n2)CCC1. The molecule has 1 fully saturated rings. The van der Waals surface area contributed by atoms with Crippen LogP contribution in [0.25, 0.3) is 0 Å². The Balaban J connectivity index is 2.09. The zero-order valence-electron chi connectivity index (χ0n) is 9.38. The maximum absolute atomic E-state index is 4.37. The number of hydrogen-bond donors (Lipinski definition) is 2. The average Bonchev–Trinajstić information content (AvgIpc) is 2.24. The van der Waals surface area contributed by atoms with Crippen molar-refractivity contribution in [3.8, 4) is 0 Å². The molecule has 0 aromatic carbocycles. The smallest absolute Gasteiger partial charge is 0.224 e. The van der Waals surface area contributed by atoms with E-state index in [4.69, 9.17) is 0 Å². The first-order chi connectivity index (χ1) is 7.28. The number of aromatic nitrogens is 2. The van der Waals surface area contributed by atoms with Crippen LogP contribution in [0.3, 0.4) is 0 Å². The van der Waals surface area contributed by atoms with Gasteiger partial charge in [0.2, 0.25) is 5.95 Å². The molecule has 0 amide bonds. The van der Waals surface area contributed by atoms with Gasteiger partial charge in [-0.1, -0.05) is 6.92 Å². The van der Waals surface area contributed by atoms with Crippen LogP contribution in [-0.4, -0.2) is 22.6 Å². The Labute approximate surface area is 90.5 Å². The lowest BCUT2D eigenvalue weighted by atomic mass is 9.75. The molecule has 2 rings (SSSR count). The first kappa shape index (κ1) is 10.2. The average molecular weight is 206 g/mol. The van der Waals surface area contributed by atoms with Crippen molar-refractivity contribution in [2.45, 2.75) is 38.1 Å². The first-order valence-electron chi connectivity index (χ1n) is 5.57. The summed E-state index contributed by atoms with van der Waals surface area (Å²) in [6, 6.07) is 1.93. The first-order valence-corrected chi connectivity index (χ1v) is 5.57. The van der Waals surface area contributed by atoms with E-state index in [1.165, 1.54) is 19.3 Å². The molecule has 0 unspecified atom stereocenters. The van der Waals surface area contributed by atoms with Gasteiger partial charge < -0.3 is 10.6 Å². The maximum Gasteiger partial charge on any atom is 0.224 e. The van der Waals surface area contributed by atoms with Crippen molar-refractivity contribution < 1.29 is 0 Å². The summed E-state index contributed by atoms with van der Waals surface area (Å²) in [5, 5.41) is 6.47. The highest BCUT2D eigenvalue weighted by molar-refractivity contribution is 5.42. The Morgan fingerprint density at radius 2 is 2.27 bits per heavy atom. The van der Waals surface area contributed by atoms with Gasteiger partial charge in [-0.05, 0) is 31.7 Å². The summed E-state index contributed by atoms with van der Waals surface area (Å²) >= 11 is 0. The Kier molecular flexibility index (Phi) is 2.75. The van der Waals surface area contributed by atoms with Gasteiger partial charge in [0.25, 0.3) is 0 Å². The molecule has 1 heterocycles. The number of nitrogens with one attached hydrogen (secondary N) is 2. The van der Waals surface area contributed by atoms with Gasteiger partial charge >= 0.3 is 0 Å². The molecule has 4 nitrogen and oxygen atoms in total. The van der Waals surface area contributed by atoms with Crippen molar-refractivity contribution in [2.75, 3.05) is 17.7 Å². The van der Waals surface area contributed by atoms with Gasteiger partial charge in [0.15, 0.2) is 0 Å². The van der Waals surface area contributed by atoms with Crippen LogP contribution in [0.4, 0.5) is 11.8 Å². The molecule has 0 aliphatic heterocycles. The summed E-state index contributed by atoms with van der Waals surface area (Å²) in [5.41, 5.74) is 0.291. The molecule has 1 aliphatic carbocycles. The third-order valence-corrected chi connectivity index (χ3v) is 3.26. The van der Waals surface area contributed by atoms with Crippen LogP contribution < -0.4 is 10.6 Å². The van der Waals surface area contributed by atoms with E-state index in [2.05, 4.69) is 27.5 Å². The third kappa shape index (κ3) is 2.03. The summed E-state index contributed by atoms with van der Waals surface area (Å²) < 4.78 is 0. The maximum atomic E-state index is 4.37. The van der Waals surface area contributed by atoms with Gasteiger partial charge in [0, 0.05) is 18.8 Å². The van der Waals surface area contributed by atoms with Gasteiger partial charge in [0.05, 0.1) is 0 Å². The lowest BCUT2D eigenvalue weighted by molar-refractivity contribution is 0.269. The fourth-order valence-electron chi connectivity index (χ4n) is 1.99. The molecule has 4 heteroatoms. The highest BCUT2D eigenvalue weighted by atomic mass is 15.1. The Hall–Kier alpha value is -1.32. The van der Waals surface area contributed by atoms with Gasteiger partial charge in [-0.15, -0.1) is 0 Å². The molecule has 1 aromatic heterocycles. The lowest BCUT2D eigenvalue weighted by Crippen LogP contribution is -2.44. The molecule has 0 spiro atoms. The van der Waals surface area contributed by atoms with E-state index in [9.17, 15) is 0 Å². The predicted molar refractivity (Wildman–Crippen MR) is 62.1 cm³/mol. The topological polar surface area (TPSA) is 49.8 Å². The highest BCUT2D eigenvalue weighted by Crippen LogP contribution is 2.37. The summed E-state index contributed by atoms with van der Waals surface area (Å²) in [4.78, 5) is 8.47. The summed E-state index contributed by atoms with van der Waals surface area (Å²) in [5.74, 6) is 1.60. The molecule has 1 aromatic rings. The van der Waals surface area contributed by atoms with Crippen LogP contribution in [0.2, 0.25) is 0 Å².